The molecular weight excluding hydrogens is 178 g/mol. The van der Waals surface area contributed by atoms with Crippen LogP contribution in [0.2, 0.25) is 0 Å². The lowest BCUT2D eigenvalue weighted by molar-refractivity contribution is -0.136. The van der Waals surface area contributed by atoms with Crippen LogP contribution in [-0.2, 0) is 16.6 Å². The van der Waals surface area contributed by atoms with E-state index in [1.54, 1.807) is 18.5 Å². The Labute approximate surface area is 83.8 Å². The third-order valence-corrected chi connectivity index (χ3v) is 2.06. The Kier molecular flexibility index (Phi) is 2.89. The average molecular weight is 193 g/mol. The predicted molar refractivity (Wildman–Crippen MR) is 54.3 cm³/mol. The lowest BCUT2D eigenvalue weighted by atomic mass is 9.84. The fourth-order valence-electron chi connectivity index (χ4n) is 1.42. The number of carboxylic acid groups (broad SMARTS) is 1. The van der Waals surface area contributed by atoms with E-state index in [-0.39, 0.29) is 11.8 Å². The van der Waals surface area contributed by atoms with Gasteiger partial charge in [-0.1, -0.05) is 20.8 Å². The SMILES string of the molecule is CC(C)(C)c1cnccc1CC(=O)O. The number of hydrogen-bond donors (Lipinski definition) is 1. The summed E-state index contributed by atoms with van der Waals surface area (Å²) in [6.45, 7) is 6.15. The van der Waals surface area contributed by atoms with Crippen LogP contribution in [0.5, 0.6) is 0 Å². The molecular formula is C11H15NO2. The Bertz CT molecular complexity index is 339. The lowest BCUT2D eigenvalue weighted by Crippen LogP contribution is -2.16. The van der Waals surface area contributed by atoms with E-state index in [1.807, 2.05) is 0 Å². The van der Waals surface area contributed by atoms with Crippen LogP contribution in [0.1, 0.15) is 31.9 Å². The fourth-order valence-corrected chi connectivity index (χ4v) is 1.42. The van der Waals surface area contributed by atoms with Crippen molar-refractivity contribution in [2.45, 2.75) is 32.6 Å². The molecule has 0 amide bonds. The first kappa shape index (κ1) is 10.7. The minimum atomic E-state index is -0.804. The second kappa shape index (κ2) is 3.78. The Morgan fingerprint density at radius 3 is 2.64 bits per heavy atom. The highest BCUT2D eigenvalue weighted by atomic mass is 16.4. The van der Waals surface area contributed by atoms with E-state index < -0.39 is 5.97 Å². The highest BCUT2D eigenvalue weighted by molar-refractivity contribution is 5.70. The van der Waals surface area contributed by atoms with E-state index in [1.165, 1.54) is 0 Å². The normalized spacial score (nSPS) is 11.4. The molecule has 0 bridgehead atoms. The van der Waals surface area contributed by atoms with E-state index in [2.05, 4.69) is 25.8 Å². The summed E-state index contributed by atoms with van der Waals surface area (Å²) in [7, 11) is 0. The average Bonchev–Trinajstić information content (AvgIpc) is 2.01. The van der Waals surface area contributed by atoms with Gasteiger partial charge in [0.1, 0.15) is 0 Å². The zero-order chi connectivity index (χ0) is 10.8. The molecule has 0 spiro atoms. The number of carbonyl (C=O) groups is 1. The van der Waals surface area contributed by atoms with Crippen LogP contribution >= 0.6 is 0 Å². The van der Waals surface area contributed by atoms with Crippen LogP contribution in [0.4, 0.5) is 0 Å². The molecule has 0 fully saturated rings. The molecule has 3 heteroatoms. The number of rotatable bonds is 2. The van der Waals surface area contributed by atoms with Crippen molar-refractivity contribution in [3.63, 3.8) is 0 Å². The summed E-state index contributed by atoms with van der Waals surface area (Å²) < 4.78 is 0. The van der Waals surface area contributed by atoms with E-state index in [0.717, 1.165) is 11.1 Å². The van der Waals surface area contributed by atoms with Crippen molar-refractivity contribution in [2.75, 3.05) is 0 Å². The predicted octanol–water partition coefficient (Wildman–Crippen LogP) is 2.01. The van der Waals surface area contributed by atoms with E-state index in [0.29, 0.717) is 0 Å². The summed E-state index contributed by atoms with van der Waals surface area (Å²) in [6, 6.07) is 1.77. The smallest absolute Gasteiger partial charge is 0.307 e. The van der Waals surface area contributed by atoms with Crippen molar-refractivity contribution in [2.24, 2.45) is 0 Å². The van der Waals surface area contributed by atoms with Gasteiger partial charge >= 0.3 is 5.97 Å². The van der Waals surface area contributed by atoms with Crippen LogP contribution in [-0.4, -0.2) is 16.1 Å². The first-order valence-electron chi connectivity index (χ1n) is 4.56. The zero-order valence-corrected chi connectivity index (χ0v) is 8.74. The standard InChI is InChI=1S/C11H15NO2/c1-11(2,3)9-7-12-5-4-8(9)6-10(13)14/h4-5,7H,6H2,1-3H3,(H,13,14). The molecule has 0 radical (unpaired) electrons. The maximum Gasteiger partial charge on any atom is 0.307 e. The van der Waals surface area contributed by atoms with Gasteiger partial charge in [0.15, 0.2) is 0 Å². The van der Waals surface area contributed by atoms with Crippen molar-refractivity contribution in [1.82, 2.24) is 4.98 Å². The molecule has 1 rings (SSSR count). The molecule has 76 valence electrons. The number of nitrogens with zero attached hydrogens (tertiary/aromatic N) is 1. The van der Waals surface area contributed by atoms with E-state index >= 15 is 0 Å². The maximum atomic E-state index is 10.6. The monoisotopic (exact) mass is 193 g/mol. The van der Waals surface area contributed by atoms with Gasteiger partial charge in [-0.25, -0.2) is 0 Å². The van der Waals surface area contributed by atoms with Crippen molar-refractivity contribution in [3.05, 3.63) is 29.6 Å². The summed E-state index contributed by atoms with van der Waals surface area (Å²) >= 11 is 0. The van der Waals surface area contributed by atoms with Crippen LogP contribution < -0.4 is 0 Å². The number of carboxylic acids is 1. The summed E-state index contributed by atoms with van der Waals surface area (Å²) in [5, 5.41) is 8.74. The zero-order valence-electron chi connectivity index (χ0n) is 8.74. The van der Waals surface area contributed by atoms with Gasteiger partial charge in [-0.15, -0.1) is 0 Å². The molecule has 1 aromatic heterocycles. The third kappa shape index (κ3) is 2.55. The molecule has 0 aliphatic heterocycles. The molecule has 1 aromatic rings. The van der Waals surface area contributed by atoms with Gasteiger partial charge in [-0.2, -0.15) is 0 Å². The Hall–Kier alpha value is -1.38. The van der Waals surface area contributed by atoms with Crippen LogP contribution in [0, 0.1) is 0 Å². The molecule has 1 N–H and O–H groups in total. The van der Waals surface area contributed by atoms with E-state index in [9.17, 15) is 4.79 Å². The van der Waals surface area contributed by atoms with Crippen molar-refractivity contribution in [1.29, 1.82) is 0 Å². The van der Waals surface area contributed by atoms with E-state index in [4.69, 9.17) is 5.11 Å². The van der Waals surface area contributed by atoms with Gasteiger partial charge in [0.2, 0.25) is 0 Å². The van der Waals surface area contributed by atoms with Crippen molar-refractivity contribution < 1.29 is 9.90 Å². The Balaban J connectivity index is 3.10. The van der Waals surface area contributed by atoms with Crippen LogP contribution in [0.15, 0.2) is 18.5 Å². The number of aromatic nitrogens is 1. The second-order valence-corrected chi connectivity index (χ2v) is 4.35. The van der Waals surface area contributed by atoms with Gasteiger partial charge in [-0.3, -0.25) is 9.78 Å². The fraction of sp³-hybridized carbons (Fsp3) is 0.455. The number of pyridine rings is 1. The minimum Gasteiger partial charge on any atom is -0.481 e. The summed E-state index contributed by atoms with van der Waals surface area (Å²) in [4.78, 5) is 14.7. The quantitative estimate of drug-likeness (QED) is 0.781. The van der Waals surface area contributed by atoms with Crippen molar-refractivity contribution in [3.8, 4) is 0 Å². The lowest BCUT2D eigenvalue weighted by Gasteiger charge is -2.21. The molecule has 0 saturated heterocycles. The minimum absolute atomic E-state index is 0.0565. The largest absolute Gasteiger partial charge is 0.481 e. The second-order valence-electron chi connectivity index (χ2n) is 4.35. The highest BCUT2D eigenvalue weighted by Crippen LogP contribution is 2.24. The summed E-state index contributed by atoms with van der Waals surface area (Å²) in [5.74, 6) is -0.804. The molecule has 0 aliphatic carbocycles. The summed E-state index contributed by atoms with van der Waals surface area (Å²) in [5.41, 5.74) is 1.79. The Morgan fingerprint density at radius 1 is 1.50 bits per heavy atom. The van der Waals surface area contributed by atoms with Gasteiger partial charge in [0.05, 0.1) is 6.42 Å². The molecule has 14 heavy (non-hydrogen) atoms. The van der Waals surface area contributed by atoms with Gasteiger partial charge in [0, 0.05) is 12.4 Å². The molecule has 0 aliphatic rings. The first-order chi connectivity index (χ1) is 6.41. The molecule has 0 saturated carbocycles. The molecule has 0 unspecified atom stereocenters. The van der Waals surface area contributed by atoms with Gasteiger partial charge in [-0.05, 0) is 22.6 Å². The van der Waals surface area contributed by atoms with Crippen LogP contribution in [0.3, 0.4) is 0 Å². The van der Waals surface area contributed by atoms with Crippen LogP contribution in [0.25, 0.3) is 0 Å². The van der Waals surface area contributed by atoms with Gasteiger partial charge < -0.3 is 5.11 Å². The first-order valence-corrected chi connectivity index (χ1v) is 4.56. The summed E-state index contributed by atoms with van der Waals surface area (Å²) in [6.07, 6.45) is 3.45. The van der Waals surface area contributed by atoms with Gasteiger partial charge in [0.25, 0.3) is 0 Å². The molecule has 0 atom stereocenters. The number of aliphatic carboxylic acids is 1. The van der Waals surface area contributed by atoms with Crippen molar-refractivity contribution >= 4 is 5.97 Å². The maximum absolute atomic E-state index is 10.6. The molecule has 3 nitrogen and oxygen atoms in total. The molecule has 1 heterocycles. The highest BCUT2D eigenvalue weighted by Gasteiger charge is 2.18. The molecule has 0 aromatic carbocycles. The third-order valence-electron chi connectivity index (χ3n) is 2.06. The number of hydrogen-bond acceptors (Lipinski definition) is 2. The topological polar surface area (TPSA) is 50.2 Å². The Morgan fingerprint density at radius 2 is 2.14 bits per heavy atom.